The summed E-state index contributed by atoms with van der Waals surface area (Å²) in [6.07, 6.45) is 4.60. The zero-order chi connectivity index (χ0) is 11.5. The molecule has 86 valence electrons. The van der Waals surface area contributed by atoms with Crippen LogP contribution < -0.4 is 5.73 Å². The lowest BCUT2D eigenvalue weighted by Crippen LogP contribution is -2.08. The molecule has 2 heterocycles. The first kappa shape index (κ1) is 10.9. The Kier molecular flexibility index (Phi) is 3.05. The maximum Gasteiger partial charge on any atom is 0.0537 e. The first-order valence-corrected chi connectivity index (χ1v) is 5.40. The second-order valence-corrected chi connectivity index (χ2v) is 3.88. The van der Waals surface area contributed by atoms with Gasteiger partial charge in [0.25, 0.3) is 0 Å². The average Bonchev–Trinajstić information content (AvgIpc) is 2.83. The first-order valence-electron chi connectivity index (χ1n) is 5.40. The molecule has 2 aromatic heterocycles. The van der Waals surface area contributed by atoms with Crippen LogP contribution in [0.25, 0.3) is 0 Å². The Balaban J connectivity index is 2.05. The van der Waals surface area contributed by atoms with Gasteiger partial charge in [0, 0.05) is 49.7 Å². The smallest absolute Gasteiger partial charge is 0.0537 e. The third-order valence-electron chi connectivity index (χ3n) is 2.93. The fraction of sp³-hybridized carbons (Fsp3) is 0.455. The van der Waals surface area contributed by atoms with Gasteiger partial charge >= 0.3 is 0 Å². The van der Waals surface area contributed by atoms with Crippen LogP contribution in [0.15, 0.2) is 18.5 Å². The molecular weight excluding hydrogens is 202 g/mol. The van der Waals surface area contributed by atoms with Gasteiger partial charge in [-0.1, -0.05) is 0 Å². The van der Waals surface area contributed by atoms with Crippen molar-refractivity contribution in [2.75, 3.05) is 0 Å². The van der Waals surface area contributed by atoms with Crippen LogP contribution in [0, 0.1) is 6.92 Å². The van der Waals surface area contributed by atoms with Crippen molar-refractivity contribution in [3.05, 3.63) is 35.4 Å². The molecule has 0 atom stereocenters. The quantitative estimate of drug-likeness (QED) is 0.820. The summed E-state index contributed by atoms with van der Waals surface area (Å²) in [5.74, 6) is 0. The Morgan fingerprint density at radius 1 is 1.38 bits per heavy atom. The highest BCUT2D eigenvalue weighted by Crippen LogP contribution is 2.07. The van der Waals surface area contributed by atoms with Gasteiger partial charge in [-0.25, -0.2) is 0 Å². The van der Waals surface area contributed by atoms with E-state index in [0.29, 0.717) is 6.54 Å². The predicted molar refractivity (Wildman–Crippen MR) is 61.8 cm³/mol. The molecule has 0 unspecified atom stereocenters. The number of hydrogen-bond donors (Lipinski definition) is 1. The average molecular weight is 219 g/mol. The van der Waals surface area contributed by atoms with Crippen LogP contribution in [0.2, 0.25) is 0 Å². The molecule has 0 saturated carbocycles. The van der Waals surface area contributed by atoms with E-state index in [4.69, 9.17) is 5.73 Å². The van der Waals surface area contributed by atoms with E-state index < -0.39 is 0 Å². The lowest BCUT2D eigenvalue weighted by atomic mass is 10.2. The summed E-state index contributed by atoms with van der Waals surface area (Å²) in [6.45, 7) is 3.47. The Labute approximate surface area is 94.9 Å². The van der Waals surface area contributed by atoms with E-state index in [0.717, 1.165) is 24.2 Å². The highest BCUT2D eigenvalue weighted by atomic mass is 15.3. The van der Waals surface area contributed by atoms with Crippen molar-refractivity contribution in [3.8, 4) is 0 Å². The topological polar surface area (TPSA) is 61.7 Å². The molecule has 0 saturated heterocycles. The van der Waals surface area contributed by atoms with E-state index in [9.17, 15) is 0 Å². The Bertz CT molecular complexity index is 468. The lowest BCUT2D eigenvalue weighted by Gasteiger charge is -2.05. The molecule has 5 heteroatoms. The minimum Gasteiger partial charge on any atom is -0.326 e. The molecule has 0 spiro atoms. The van der Waals surface area contributed by atoms with Gasteiger partial charge in [-0.05, 0) is 13.0 Å². The second-order valence-electron chi connectivity index (χ2n) is 3.88. The molecule has 0 radical (unpaired) electrons. The molecule has 2 aromatic rings. The summed E-state index contributed by atoms with van der Waals surface area (Å²) >= 11 is 0. The van der Waals surface area contributed by atoms with E-state index in [2.05, 4.69) is 17.1 Å². The monoisotopic (exact) mass is 219 g/mol. The van der Waals surface area contributed by atoms with Crippen LogP contribution >= 0.6 is 0 Å². The Morgan fingerprint density at radius 3 is 2.75 bits per heavy atom. The lowest BCUT2D eigenvalue weighted by molar-refractivity contribution is 0.573. The minimum absolute atomic E-state index is 0.553. The summed E-state index contributed by atoms with van der Waals surface area (Å²) in [5.41, 5.74) is 9.10. The second kappa shape index (κ2) is 4.49. The van der Waals surface area contributed by atoms with Crippen molar-refractivity contribution in [1.29, 1.82) is 0 Å². The summed E-state index contributed by atoms with van der Waals surface area (Å²) in [5, 5.41) is 8.46. The molecule has 16 heavy (non-hydrogen) atoms. The van der Waals surface area contributed by atoms with Crippen molar-refractivity contribution in [2.24, 2.45) is 12.8 Å². The number of nitrogens with zero attached hydrogens (tertiary/aromatic N) is 4. The molecular formula is C11H17N5. The maximum absolute atomic E-state index is 5.61. The van der Waals surface area contributed by atoms with Crippen LogP contribution in [-0.4, -0.2) is 19.6 Å². The fourth-order valence-corrected chi connectivity index (χ4v) is 1.78. The number of aryl methyl sites for hydroxylation is 3. The van der Waals surface area contributed by atoms with Crippen molar-refractivity contribution in [3.63, 3.8) is 0 Å². The van der Waals surface area contributed by atoms with E-state index in [1.54, 1.807) is 0 Å². The third-order valence-corrected chi connectivity index (χ3v) is 2.93. The molecule has 2 rings (SSSR count). The van der Waals surface area contributed by atoms with Crippen molar-refractivity contribution in [1.82, 2.24) is 19.6 Å². The normalized spacial score (nSPS) is 10.9. The predicted octanol–water partition coefficient (Wildman–Crippen LogP) is 0.626. The number of aromatic nitrogens is 4. The minimum atomic E-state index is 0.553. The Hall–Kier alpha value is -1.62. The molecule has 0 aliphatic carbocycles. The van der Waals surface area contributed by atoms with E-state index in [1.807, 2.05) is 34.9 Å². The van der Waals surface area contributed by atoms with Gasteiger partial charge in [0.1, 0.15) is 0 Å². The van der Waals surface area contributed by atoms with Crippen molar-refractivity contribution >= 4 is 0 Å². The van der Waals surface area contributed by atoms with Crippen LogP contribution in [0.5, 0.6) is 0 Å². The van der Waals surface area contributed by atoms with Gasteiger partial charge in [-0.2, -0.15) is 10.2 Å². The molecule has 0 bridgehead atoms. The number of hydrogen-bond acceptors (Lipinski definition) is 3. The highest BCUT2D eigenvalue weighted by molar-refractivity contribution is 5.15. The van der Waals surface area contributed by atoms with Crippen LogP contribution in [0.3, 0.4) is 0 Å². The molecule has 0 amide bonds. The summed E-state index contributed by atoms with van der Waals surface area (Å²) in [7, 11) is 1.95. The molecule has 0 fully saturated rings. The van der Waals surface area contributed by atoms with E-state index >= 15 is 0 Å². The van der Waals surface area contributed by atoms with Gasteiger partial charge in [-0.15, -0.1) is 0 Å². The van der Waals surface area contributed by atoms with Gasteiger partial charge in [0.2, 0.25) is 0 Å². The highest BCUT2D eigenvalue weighted by Gasteiger charge is 2.05. The Morgan fingerprint density at radius 2 is 2.19 bits per heavy atom. The van der Waals surface area contributed by atoms with E-state index in [-0.39, 0.29) is 0 Å². The molecule has 0 aromatic carbocycles. The van der Waals surface area contributed by atoms with Gasteiger partial charge in [0.05, 0.1) is 6.20 Å². The molecule has 2 N–H and O–H groups in total. The van der Waals surface area contributed by atoms with Gasteiger partial charge in [-0.3, -0.25) is 9.36 Å². The number of rotatable bonds is 4. The zero-order valence-electron chi connectivity index (χ0n) is 9.72. The van der Waals surface area contributed by atoms with Gasteiger partial charge in [0.15, 0.2) is 0 Å². The first-order chi connectivity index (χ1) is 7.72. The summed E-state index contributed by atoms with van der Waals surface area (Å²) < 4.78 is 3.89. The standard InChI is InChI=1S/C11H17N5/c1-9-10(7-12)8-14-16(9)6-4-11-3-5-13-15(11)2/h3,5,8H,4,6-7,12H2,1-2H3. The maximum atomic E-state index is 5.61. The van der Waals surface area contributed by atoms with Crippen LogP contribution in [0.1, 0.15) is 17.0 Å². The van der Waals surface area contributed by atoms with Crippen LogP contribution in [0.4, 0.5) is 0 Å². The summed E-state index contributed by atoms with van der Waals surface area (Å²) in [4.78, 5) is 0. The summed E-state index contributed by atoms with van der Waals surface area (Å²) in [6, 6.07) is 2.03. The third kappa shape index (κ3) is 1.99. The van der Waals surface area contributed by atoms with E-state index in [1.165, 1.54) is 5.69 Å². The molecule has 5 nitrogen and oxygen atoms in total. The van der Waals surface area contributed by atoms with Crippen molar-refractivity contribution in [2.45, 2.75) is 26.4 Å². The fourth-order valence-electron chi connectivity index (χ4n) is 1.78. The van der Waals surface area contributed by atoms with Gasteiger partial charge < -0.3 is 5.73 Å². The van der Waals surface area contributed by atoms with Crippen molar-refractivity contribution < 1.29 is 0 Å². The SMILES string of the molecule is Cc1c(CN)cnn1CCc1ccnn1C. The number of nitrogens with two attached hydrogens (primary N) is 1. The largest absolute Gasteiger partial charge is 0.326 e. The molecule has 0 aliphatic heterocycles. The zero-order valence-corrected chi connectivity index (χ0v) is 9.72. The van der Waals surface area contributed by atoms with Crippen LogP contribution in [-0.2, 0) is 26.6 Å². The molecule has 0 aliphatic rings.